The fourth-order valence-electron chi connectivity index (χ4n) is 2.97. The second-order valence-electron chi connectivity index (χ2n) is 6.81. The highest BCUT2D eigenvalue weighted by molar-refractivity contribution is 6.32. The predicted molar refractivity (Wildman–Crippen MR) is 112 cm³/mol. The van der Waals surface area contributed by atoms with Gasteiger partial charge in [-0.25, -0.2) is 4.79 Å². The van der Waals surface area contributed by atoms with Gasteiger partial charge in [0, 0.05) is 36.5 Å². The minimum atomic E-state index is -0.776. The molecule has 1 amide bonds. The van der Waals surface area contributed by atoms with Crippen molar-refractivity contribution in [1.29, 1.82) is 0 Å². The van der Waals surface area contributed by atoms with Gasteiger partial charge in [0.25, 0.3) is 5.91 Å². The smallest absolute Gasteiger partial charge is 0.336 e. The van der Waals surface area contributed by atoms with Crippen molar-refractivity contribution in [3.8, 4) is 5.75 Å². The van der Waals surface area contributed by atoms with Crippen LogP contribution in [0.1, 0.15) is 37.8 Å². The van der Waals surface area contributed by atoms with Gasteiger partial charge in [0.05, 0.1) is 5.02 Å². The van der Waals surface area contributed by atoms with Crippen LogP contribution in [-0.4, -0.2) is 17.0 Å². The topological polar surface area (TPSA) is 81.4 Å². The van der Waals surface area contributed by atoms with E-state index >= 15 is 0 Å². The summed E-state index contributed by atoms with van der Waals surface area (Å²) in [5, 5.41) is 3.95. The first kappa shape index (κ1) is 20.9. The van der Waals surface area contributed by atoms with E-state index in [1.165, 1.54) is 6.07 Å². The van der Waals surface area contributed by atoms with E-state index < -0.39 is 11.7 Å². The fourth-order valence-corrected chi connectivity index (χ4v) is 3.18. The number of ether oxygens (including phenoxy) is 1. The van der Waals surface area contributed by atoms with E-state index in [9.17, 15) is 9.59 Å². The molecule has 0 bridgehead atoms. The maximum Gasteiger partial charge on any atom is 0.336 e. The van der Waals surface area contributed by atoms with E-state index in [4.69, 9.17) is 20.8 Å². The number of carbonyl (C=O) groups excluding carboxylic acids is 1. The van der Waals surface area contributed by atoms with E-state index in [1.54, 1.807) is 31.5 Å². The number of pyridine rings is 1. The highest BCUT2D eigenvalue weighted by atomic mass is 35.5. The number of aryl methyl sites for hydroxylation is 1. The van der Waals surface area contributed by atoms with E-state index in [0.717, 1.165) is 35.8 Å². The predicted octanol–water partition coefficient (Wildman–Crippen LogP) is 4.27. The van der Waals surface area contributed by atoms with Crippen LogP contribution < -0.4 is 15.7 Å². The molecule has 0 fully saturated rings. The number of amides is 1. The summed E-state index contributed by atoms with van der Waals surface area (Å²) >= 11 is 6.39. The molecule has 1 N–H and O–H groups in total. The number of nitrogens with zero attached hydrogens (tertiary/aromatic N) is 1. The van der Waals surface area contributed by atoms with Crippen molar-refractivity contribution in [2.45, 2.75) is 45.8 Å². The molecule has 3 aromatic rings. The number of benzene rings is 1. The van der Waals surface area contributed by atoms with Gasteiger partial charge in [-0.2, -0.15) is 0 Å². The molecule has 6 nitrogen and oxygen atoms in total. The molecule has 2 heterocycles. The summed E-state index contributed by atoms with van der Waals surface area (Å²) < 4.78 is 11.1. The Morgan fingerprint density at radius 2 is 2.03 bits per heavy atom. The Balaban J connectivity index is 1.76. The summed E-state index contributed by atoms with van der Waals surface area (Å²) in [6.45, 7) is 4.10. The molecule has 7 heteroatoms. The van der Waals surface area contributed by atoms with Crippen LogP contribution in [0.5, 0.6) is 5.75 Å². The van der Waals surface area contributed by atoms with E-state index in [0.29, 0.717) is 22.9 Å². The minimum absolute atomic E-state index is 0.281. The first-order valence-electron chi connectivity index (χ1n) is 9.57. The van der Waals surface area contributed by atoms with Gasteiger partial charge < -0.3 is 14.5 Å². The van der Waals surface area contributed by atoms with E-state index in [2.05, 4.69) is 17.2 Å². The summed E-state index contributed by atoms with van der Waals surface area (Å²) in [5.41, 5.74) is 1.81. The Kier molecular flexibility index (Phi) is 6.88. The van der Waals surface area contributed by atoms with Crippen LogP contribution >= 0.6 is 11.6 Å². The van der Waals surface area contributed by atoms with E-state index in [1.807, 2.05) is 12.1 Å². The van der Waals surface area contributed by atoms with Crippen molar-refractivity contribution in [3.05, 3.63) is 69.3 Å². The number of hydrogen-bond donors (Lipinski definition) is 1. The molecule has 0 radical (unpaired) electrons. The number of halogens is 1. The molecule has 0 aliphatic heterocycles. The maximum atomic E-state index is 12.4. The molecule has 0 aliphatic carbocycles. The number of rotatable bonds is 8. The highest BCUT2D eigenvalue weighted by Crippen LogP contribution is 2.32. The lowest BCUT2D eigenvalue weighted by atomic mass is 10.0. The van der Waals surface area contributed by atoms with Crippen molar-refractivity contribution in [1.82, 2.24) is 10.3 Å². The Morgan fingerprint density at radius 1 is 1.28 bits per heavy atom. The standard InChI is InChI=1S/C22H23ClN2O4/c1-3-4-5-16-10-21(26)29-19-12-20(18(23)11-17(16)19)28-14(2)22(27)25-13-15-6-8-24-9-7-15/h6-12,14H,3-5,13H2,1-2H3,(H,25,27)/t14-/m0/s1. The van der Waals surface area contributed by atoms with Crippen molar-refractivity contribution < 1.29 is 13.9 Å². The van der Waals surface area contributed by atoms with Crippen molar-refractivity contribution >= 4 is 28.5 Å². The van der Waals surface area contributed by atoms with Gasteiger partial charge >= 0.3 is 5.63 Å². The Hall–Kier alpha value is -2.86. The SMILES string of the molecule is CCCCc1cc(=O)oc2cc(O[C@@H](C)C(=O)NCc3ccncc3)c(Cl)cc12. The zero-order valence-electron chi connectivity index (χ0n) is 16.4. The quantitative estimate of drug-likeness (QED) is 0.557. The molecule has 2 aromatic heterocycles. The summed E-state index contributed by atoms with van der Waals surface area (Å²) in [5.74, 6) is 0.0117. The molecular formula is C22H23ClN2O4. The minimum Gasteiger partial charge on any atom is -0.479 e. The van der Waals surface area contributed by atoms with Crippen molar-refractivity contribution in [3.63, 3.8) is 0 Å². The third-order valence-electron chi connectivity index (χ3n) is 4.57. The second kappa shape index (κ2) is 9.56. The van der Waals surface area contributed by atoms with Crippen LogP contribution in [0.3, 0.4) is 0 Å². The fraction of sp³-hybridized carbons (Fsp3) is 0.318. The molecule has 152 valence electrons. The molecule has 0 spiro atoms. The average molecular weight is 415 g/mol. The molecule has 0 saturated carbocycles. The normalized spacial score (nSPS) is 12.0. The average Bonchev–Trinajstić information content (AvgIpc) is 2.72. The van der Waals surface area contributed by atoms with Crippen LogP contribution in [0, 0.1) is 0 Å². The first-order valence-corrected chi connectivity index (χ1v) is 9.95. The highest BCUT2D eigenvalue weighted by Gasteiger charge is 2.18. The van der Waals surface area contributed by atoms with Crippen LogP contribution in [-0.2, 0) is 17.8 Å². The largest absolute Gasteiger partial charge is 0.479 e. The van der Waals surface area contributed by atoms with Gasteiger partial charge in [0.15, 0.2) is 6.10 Å². The van der Waals surface area contributed by atoms with Crippen molar-refractivity contribution in [2.24, 2.45) is 0 Å². The Morgan fingerprint density at radius 3 is 2.76 bits per heavy atom. The molecule has 0 saturated heterocycles. The van der Waals surface area contributed by atoms with Gasteiger partial charge in [-0.1, -0.05) is 24.9 Å². The number of unbranched alkanes of at least 4 members (excludes halogenated alkanes) is 1. The van der Waals surface area contributed by atoms with Gasteiger partial charge in [0.1, 0.15) is 11.3 Å². The number of fused-ring (bicyclic) bond motifs is 1. The van der Waals surface area contributed by atoms with Crippen LogP contribution in [0.2, 0.25) is 5.02 Å². The van der Waals surface area contributed by atoms with E-state index in [-0.39, 0.29) is 5.91 Å². The molecule has 0 unspecified atom stereocenters. The number of aromatic nitrogens is 1. The zero-order valence-corrected chi connectivity index (χ0v) is 17.2. The van der Waals surface area contributed by atoms with Gasteiger partial charge in [-0.3, -0.25) is 9.78 Å². The Labute approximate surface area is 173 Å². The van der Waals surface area contributed by atoms with Crippen LogP contribution in [0.4, 0.5) is 0 Å². The molecular weight excluding hydrogens is 392 g/mol. The van der Waals surface area contributed by atoms with Gasteiger partial charge in [-0.05, 0) is 49.1 Å². The van der Waals surface area contributed by atoms with Gasteiger partial charge in [0.2, 0.25) is 0 Å². The molecule has 1 aromatic carbocycles. The first-order chi connectivity index (χ1) is 14.0. The lowest BCUT2D eigenvalue weighted by Crippen LogP contribution is -2.35. The monoisotopic (exact) mass is 414 g/mol. The van der Waals surface area contributed by atoms with Gasteiger partial charge in [-0.15, -0.1) is 0 Å². The van der Waals surface area contributed by atoms with Crippen molar-refractivity contribution in [2.75, 3.05) is 0 Å². The zero-order chi connectivity index (χ0) is 20.8. The molecule has 3 rings (SSSR count). The lowest BCUT2D eigenvalue weighted by Gasteiger charge is -2.16. The summed E-state index contributed by atoms with van der Waals surface area (Å²) in [6.07, 6.45) is 5.30. The molecule has 1 atom stereocenters. The summed E-state index contributed by atoms with van der Waals surface area (Å²) in [7, 11) is 0. The van der Waals surface area contributed by atoms with Crippen LogP contribution in [0.25, 0.3) is 11.0 Å². The number of nitrogens with one attached hydrogen (secondary N) is 1. The molecule has 0 aliphatic rings. The lowest BCUT2D eigenvalue weighted by molar-refractivity contribution is -0.127. The second-order valence-corrected chi connectivity index (χ2v) is 7.21. The summed E-state index contributed by atoms with van der Waals surface area (Å²) in [6, 6.07) is 8.45. The number of carbonyl (C=O) groups is 1. The maximum absolute atomic E-state index is 12.4. The third kappa shape index (κ3) is 5.35. The summed E-state index contributed by atoms with van der Waals surface area (Å²) in [4.78, 5) is 28.2. The van der Waals surface area contributed by atoms with Crippen LogP contribution in [0.15, 0.2) is 51.9 Å². The Bertz CT molecular complexity index is 1050. The third-order valence-corrected chi connectivity index (χ3v) is 4.87. The molecule has 29 heavy (non-hydrogen) atoms. The number of hydrogen-bond acceptors (Lipinski definition) is 5.